The number of amides is 1. The van der Waals surface area contributed by atoms with Gasteiger partial charge in [0.1, 0.15) is 5.52 Å². The fraction of sp³-hybridized carbons (Fsp3) is 0.333. The van der Waals surface area contributed by atoms with Crippen molar-refractivity contribution in [2.24, 2.45) is 0 Å². The Hall–Kier alpha value is -2.64. The minimum absolute atomic E-state index is 0.00494. The number of aromatic nitrogens is 4. The number of thioether (sulfide) groups is 1. The Kier molecular flexibility index (Phi) is 7.60. The molecule has 1 N–H and O–H groups in total. The minimum Gasteiger partial charge on any atom is -0.355 e. The number of halogens is 1. The van der Waals surface area contributed by atoms with Crippen LogP contribution in [0.15, 0.2) is 53.7 Å². The summed E-state index contributed by atoms with van der Waals surface area (Å²) in [5.41, 5.74) is 3.63. The third kappa shape index (κ3) is 5.40. The number of hydrogen-bond acceptors (Lipinski definition) is 5. The van der Waals surface area contributed by atoms with Crippen LogP contribution in [-0.2, 0) is 11.3 Å². The quantitative estimate of drug-likeness (QED) is 0.247. The van der Waals surface area contributed by atoms with Crippen molar-refractivity contribution in [1.29, 1.82) is 0 Å². The largest absolute Gasteiger partial charge is 0.355 e. The van der Waals surface area contributed by atoms with E-state index < -0.39 is 0 Å². The number of hydrogen-bond donors (Lipinski definition) is 1. The van der Waals surface area contributed by atoms with Gasteiger partial charge in [-0.15, -0.1) is 10.2 Å². The molecule has 4 rings (SSSR count). The van der Waals surface area contributed by atoms with Gasteiger partial charge < -0.3 is 9.88 Å². The summed E-state index contributed by atoms with van der Waals surface area (Å²) in [6.45, 7) is 3.51. The Labute approximate surface area is 196 Å². The number of fused-ring (bicyclic) bond motifs is 3. The van der Waals surface area contributed by atoms with Crippen molar-refractivity contribution < 1.29 is 4.79 Å². The van der Waals surface area contributed by atoms with Gasteiger partial charge >= 0.3 is 0 Å². The van der Waals surface area contributed by atoms with E-state index in [-0.39, 0.29) is 11.7 Å². The second-order valence-electron chi connectivity index (χ2n) is 7.70. The third-order valence-electron chi connectivity index (χ3n) is 5.27. The standard InChI is InChI=1S/C24H26ClN5OS/c1-2-3-4-7-13-26-21(31)16-32-24-27-23-22(28-29-24)19-11-5-6-12-20(19)30(23)15-17-9-8-10-18(25)14-17/h5-6,8-12,14H,2-4,7,13,15-16H2,1H3,(H,26,31). The number of carbonyl (C=O) groups excluding carboxylic acids is 1. The molecule has 0 bridgehead atoms. The molecule has 6 nitrogen and oxygen atoms in total. The molecule has 0 atom stereocenters. The first-order valence-electron chi connectivity index (χ1n) is 10.9. The zero-order valence-corrected chi connectivity index (χ0v) is 19.6. The molecule has 2 aromatic carbocycles. The summed E-state index contributed by atoms with van der Waals surface area (Å²) in [6, 6.07) is 15.9. The molecule has 0 fully saturated rings. The van der Waals surface area contributed by atoms with Crippen molar-refractivity contribution in [2.75, 3.05) is 12.3 Å². The summed E-state index contributed by atoms with van der Waals surface area (Å²) in [6.07, 6.45) is 4.54. The predicted molar refractivity (Wildman–Crippen MR) is 131 cm³/mol. The molecule has 0 spiro atoms. The summed E-state index contributed by atoms with van der Waals surface area (Å²) >= 11 is 7.50. The maximum atomic E-state index is 12.2. The lowest BCUT2D eigenvalue weighted by atomic mass is 10.2. The summed E-state index contributed by atoms with van der Waals surface area (Å²) < 4.78 is 2.13. The van der Waals surface area contributed by atoms with E-state index in [1.807, 2.05) is 42.5 Å². The second-order valence-corrected chi connectivity index (χ2v) is 9.08. The van der Waals surface area contributed by atoms with Crippen molar-refractivity contribution in [3.63, 3.8) is 0 Å². The monoisotopic (exact) mass is 467 g/mol. The molecule has 32 heavy (non-hydrogen) atoms. The molecule has 2 aromatic heterocycles. The van der Waals surface area contributed by atoms with E-state index in [4.69, 9.17) is 16.6 Å². The first-order chi connectivity index (χ1) is 15.7. The molecule has 8 heteroatoms. The van der Waals surface area contributed by atoms with E-state index in [0.29, 0.717) is 23.3 Å². The van der Waals surface area contributed by atoms with Gasteiger partial charge in [-0.3, -0.25) is 4.79 Å². The van der Waals surface area contributed by atoms with Gasteiger partial charge in [-0.1, -0.05) is 79.9 Å². The SMILES string of the molecule is CCCCCCNC(=O)CSc1nnc2c3ccccc3n(Cc3cccc(Cl)c3)c2n1. The summed E-state index contributed by atoms with van der Waals surface area (Å²) in [4.78, 5) is 16.9. The lowest BCUT2D eigenvalue weighted by Crippen LogP contribution is -2.26. The fourth-order valence-corrected chi connectivity index (χ4v) is 4.51. The van der Waals surface area contributed by atoms with E-state index in [1.165, 1.54) is 24.6 Å². The molecule has 1 amide bonds. The van der Waals surface area contributed by atoms with E-state index in [9.17, 15) is 4.79 Å². The second kappa shape index (κ2) is 10.8. The minimum atomic E-state index is -0.00494. The van der Waals surface area contributed by atoms with Crippen molar-refractivity contribution >= 4 is 51.3 Å². The maximum Gasteiger partial charge on any atom is 0.230 e. The molecule has 4 aromatic rings. The van der Waals surface area contributed by atoms with Crippen LogP contribution in [0.3, 0.4) is 0 Å². The van der Waals surface area contributed by atoms with Gasteiger partial charge in [0.2, 0.25) is 11.1 Å². The van der Waals surface area contributed by atoms with Gasteiger partial charge in [0.05, 0.1) is 11.3 Å². The summed E-state index contributed by atoms with van der Waals surface area (Å²) in [7, 11) is 0. The first kappa shape index (κ1) is 22.6. The molecular formula is C24H26ClN5OS. The highest BCUT2D eigenvalue weighted by atomic mass is 35.5. The molecule has 2 heterocycles. The van der Waals surface area contributed by atoms with Crippen LogP contribution in [0.5, 0.6) is 0 Å². The van der Waals surface area contributed by atoms with E-state index in [0.717, 1.165) is 40.5 Å². The highest BCUT2D eigenvalue weighted by molar-refractivity contribution is 7.99. The van der Waals surface area contributed by atoms with Gasteiger partial charge in [-0.05, 0) is 30.2 Å². The average Bonchev–Trinajstić information content (AvgIpc) is 3.11. The topological polar surface area (TPSA) is 72.7 Å². The molecule has 0 aliphatic heterocycles. The maximum absolute atomic E-state index is 12.2. The van der Waals surface area contributed by atoms with E-state index in [1.54, 1.807) is 0 Å². The molecule has 166 valence electrons. The number of carbonyl (C=O) groups is 1. The van der Waals surface area contributed by atoms with E-state index in [2.05, 4.69) is 33.1 Å². The number of nitrogens with one attached hydrogen (secondary N) is 1. The van der Waals surface area contributed by atoms with Crippen LogP contribution in [0.4, 0.5) is 0 Å². The third-order valence-corrected chi connectivity index (χ3v) is 6.34. The highest BCUT2D eigenvalue weighted by Gasteiger charge is 2.16. The van der Waals surface area contributed by atoms with Gasteiger partial charge in [-0.2, -0.15) is 0 Å². The Morgan fingerprint density at radius 3 is 2.81 bits per heavy atom. The van der Waals surface area contributed by atoms with Crippen LogP contribution < -0.4 is 5.32 Å². The predicted octanol–water partition coefficient (Wildman–Crippen LogP) is 5.47. The Balaban J connectivity index is 1.53. The lowest BCUT2D eigenvalue weighted by Gasteiger charge is -2.08. The zero-order chi connectivity index (χ0) is 22.3. The number of para-hydroxylation sites is 1. The van der Waals surface area contributed by atoms with Crippen LogP contribution >= 0.6 is 23.4 Å². The number of rotatable bonds is 10. The van der Waals surface area contributed by atoms with Gasteiger partial charge in [0.15, 0.2) is 5.65 Å². The lowest BCUT2D eigenvalue weighted by molar-refractivity contribution is -0.118. The molecule has 0 aliphatic carbocycles. The van der Waals surface area contributed by atoms with Gasteiger partial charge in [0, 0.05) is 23.5 Å². The number of benzene rings is 2. The van der Waals surface area contributed by atoms with Crippen LogP contribution in [0, 0.1) is 0 Å². The normalized spacial score (nSPS) is 11.3. The molecule has 0 aliphatic rings. The van der Waals surface area contributed by atoms with Crippen LogP contribution in [0.25, 0.3) is 22.1 Å². The Morgan fingerprint density at radius 1 is 1.09 bits per heavy atom. The van der Waals surface area contributed by atoms with Gasteiger partial charge in [0.25, 0.3) is 0 Å². The molecular weight excluding hydrogens is 442 g/mol. The smallest absolute Gasteiger partial charge is 0.230 e. The summed E-state index contributed by atoms with van der Waals surface area (Å²) in [5.74, 6) is 0.268. The van der Waals surface area contributed by atoms with Gasteiger partial charge in [-0.25, -0.2) is 4.98 Å². The molecule has 0 unspecified atom stereocenters. The van der Waals surface area contributed by atoms with Crippen LogP contribution in [0.1, 0.15) is 38.2 Å². The van der Waals surface area contributed by atoms with Crippen molar-refractivity contribution in [1.82, 2.24) is 25.1 Å². The van der Waals surface area contributed by atoms with Crippen molar-refractivity contribution in [2.45, 2.75) is 44.3 Å². The Bertz CT molecular complexity index is 1230. The van der Waals surface area contributed by atoms with Crippen molar-refractivity contribution in [3.8, 4) is 0 Å². The molecule has 0 saturated carbocycles. The molecule has 0 saturated heterocycles. The molecule has 0 radical (unpaired) electrons. The van der Waals surface area contributed by atoms with Crippen LogP contribution in [-0.4, -0.2) is 38.0 Å². The Morgan fingerprint density at radius 2 is 1.97 bits per heavy atom. The first-order valence-corrected chi connectivity index (χ1v) is 12.3. The fourth-order valence-electron chi connectivity index (χ4n) is 3.69. The highest BCUT2D eigenvalue weighted by Crippen LogP contribution is 2.28. The average molecular weight is 468 g/mol. The zero-order valence-electron chi connectivity index (χ0n) is 18.1. The van der Waals surface area contributed by atoms with Crippen LogP contribution in [0.2, 0.25) is 5.02 Å². The number of unbranched alkanes of at least 4 members (excludes halogenated alkanes) is 3. The number of nitrogens with zero attached hydrogens (tertiary/aromatic N) is 4. The van der Waals surface area contributed by atoms with E-state index >= 15 is 0 Å². The summed E-state index contributed by atoms with van der Waals surface area (Å²) in [5, 5.41) is 13.9. The van der Waals surface area contributed by atoms with Crippen molar-refractivity contribution in [3.05, 3.63) is 59.1 Å².